The van der Waals surface area contributed by atoms with Crippen molar-refractivity contribution >= 4 is 5.91 Å². The maximum atomic E-state index is 12.8. The lowest BCUT2D eigenvalue weighted by molar-refractivity contribution is -0.132. The van der Waals surface area contributed by atoms with E-state index in [1.54, 1.807) is 6.26 Å². The highest BCUT2D eigenvalue weighted by Gasteiger charge is 2.52. The Balaban J connectivity index is 1.62. The fourth-order valence-corrected chi connectivity index (χ4v) is 4.24. The summed E-state index contributed by atoms with van der Waals surface area (Å²) in [6, 6.07) is 12.3. The summed E-state index contributed by atoms with van der Waals surface area (Å²) in [6.45, 7) is 6.05. The van der Waals surface area contributed by atoms with Gasteiger partial charge in [-0.3, -0.25) is 4.79 Å². The molecule has 2 heterocycles. The Kier molecular flexibility index (Phi) is 2.93. The van der Waals surface area contributed by atoms with E-state index in [-0.39, 0.29) is 17.2 Å². The minimum Gasteiger partial charge on any atom is -0.469 e. The normalized spacial score (nSPS) is 25.9. The summed E-state index contributed by atoms with van der Waals surface area (Å²) < 4.78 is 5.63. The molecule has 1 aromatic carbocycles. The summed E-state index contributed by atoms with van der Waals surface area (Å²) in [6.07, 6.45) is 2.51. The number of hydrogen-bond acceptors (Lipinski definition) is 2. The van der Waals surface area contributed by atoms with E-state index in [0.717, 1.165) is 18.7 Å². The van der Waals surface area contributed by atoms with E-state index in [4.69, 9.17) is 4.42 Å². The SMILES string of the molecule is CC1(C)c2ccoc2C[C@H]2C(=O)N(Cc3ccccc3)C[C@H]21. The van der Waals surface area contributed by atoms with Crippen molar-refractivity contribution in [2.24, 2.45) is 11.8 Å². The van der Waals surface area contributed by atoms with Crippen LogP contribution in [0.15, 0.2) is 47.1 Å². The zero-order valence-corrected chi connectivity index (χ0v) is 13.1. The van der Waals surface area contributed by atoms with Gasteiger partial charge in [0.2, 0.25) is 5.91 Å². The Hall–Kier alpha value is -2.03. The topological polar surface area (TPSA) is 33.5 Å². The highest BCUT2D eigenvalue weighted by atomic mass is 16.3. The van der Waals surface area contributed by atoms with Gasteiger partial charge in [0.05, 0.1) is 12.2 Å². The first-order valence-corrected chi connectivity index (χ1v) is 7.97. The van der Waals surface area contributed by atoms with Crippen molar-refractivity contribution in [1.82, 2.24) is 4.90 Å². The third-order valence-electron chi connectivity index (χ3n) is 5.52. The van der Waals surface area contributed by atoms with Crippen LogP contribution in [0.4, 0.5) is 0 Å². The minimum atomic E-state index is -0.00759. The summed E-state index contributed by atoms with van der Waals surface area (Å²) in [4.78, 5) is 14.9. The monoisotopic (exact) mass is 295 g/mol. The number of hydrogen-bond donors (Lipinski definition) is 0. The van der Waals surface area contributed by atoms with Crippen molar-refractivity contribution in [2.75, 3.05) is 6.54 Å². The van der Waals surface area contributed by atoms with Crippen molar-refractivity contribution in [3.63, 3.8) is 0 Å². The standard InChI is InChI=1S/C19H21NO2/c1-19(2)15-8-9-22-17(15)10-14-16(19)12-20(18(14)21)11-13-6-4-3-5-7-13/h3-9,14,16H,10-12H2,1-2H3/t14-,16-/m1/s1. The van der Waals surface area contributed by atoms with Gasteiger partial charge in [-0.1, -0.05) is 44.2 Å². The predicted octanol–water partition coefficient (Wildman–Crippen LogP) is 3.39. The Morgan fingerprint density at radius 1 is 1.23 bits per heavy atom. The molecule has 2 aliphatic rings. The van der Waals surface area contributed by atoms with E-state index < -0.39 is 0 Å². The average molecular weight is 295 g/mol. The molecule has 0 radical (unpaired) electrons. The van der Waals surface area contributed by atoms with Crippen LogP contribution in [0.3, 0.4) is 0 Å². The third-order valence-corrected chi connectivity index (χ3v) is 5.52. The van der Waals surface area contributed by atoms with Crippen LogP contribution in [-0.4, -0.2) is 17.4 Å². The van der Waals surface area contributed by atoms with E-state index in [1.165, 1.54) is 11.1 Å². The molecule has 1 amide bonds. The van der Waals surface area contributed by atoms with Gasteiger partial charge in [0, 0.05) is 19.5 Å². The van der Waals surface area contributed by atoms with E-state index >= 15 is 0 Å². The first-order valence-electron chi connectivity index (χ1n) is 7.97. The summed E-state index contributed by atoms with van der Waals surface area (Å²) in [5, 5.41) is 0. The molecule has 4 rings (SSSR count). The molecule has 0 spiro atoms. The van der Waals surface area contributed by atoms with Gasteiger partial charge in [-0.05, 0) is 28.5 Å². The highest BCUT2D eigenvalue weighted by molar-refractivity contribution is 5.82. The van der Waals surface area contributed by atoms with Crippen LogP contribution < -0.4 is 0 Å². The number of carbonyl (C=O) groups excluding carboxylic acids is 1. The molecule has 1 fully saturated rings. The Bertz CT molecular complexity index is 701. The first kappa shape index (κ1) is 13.6. The summed E-state index contributed by atoms with van der Waals surface area (Å²) in [7, 11) is 0. The van der Waals surface area contributed by atoms with Gasteiger partial charge in [-0.15, -0.1) is 0 Å². The van der Waals surface area contributed by atoms with Gasteiger partial charge in [0.25, 0.3) is 0 Å². The van der Waals surface area contributed by atoms with E-state index in [2.05, 4.69) is 32.0 Å². The van der Waals surface area contributed by atoms with Crippen LogP contribution >= 0.6 is 0 Å². The fourth-order valence-electron chi connectivity index (χ4n) is 4.24. The van der Waals surface area contributed by atoms with E-state index in [0.29, 0.717) is 12.5 Å². The number of amides is 1. The summed E-state index contributed by atoms with van der Waals surface area (Å²) in [5.74, 6) is 1.72. The van der Waals surface area contributed by atoms with Gasteiger partial charge in [0.15, 0.2) is 0 Å². The molecule has 1 saturated heterocycles. The molecule has 2 atom stereocenters. The second kappa shape index (κ2) is 4.73. The fraction of sp³-hybridized carbons (Fsp3) is 0.421. The molecular formula is C19H21NO2. The quantitative estimate of drug-likeness (QED) is 0.851. The van der Waals surface area contributed by atoms with Crippen molar-refractivity contribution in [3.05, 3.63) is 59.5 Å². The van der Waals surface area contributed by atoms with E-state index in [9.17, 15) is 4.79 Å². The van der Waals surface area contributed by atoms with Crippen molar-refractivity contribution < 1.29 is 9.21 Å². The van der Waals surface area contributed by atoms with Crippen LogP contribution in [0.1, 0.15) is 30.7 Å². The van der Waals surface area contributed by atoms with Crippen LogP contribution in [0, 0.1) is 11.8 Å². The molecule has 0 saturated carbocycles. The van der Waals surface area contributed by atoms with Gasteiger partial charge in [-0.2, -0.15) is 0 Å². The number of fused-ring (bicyclic) bond motifs is 2. The minimum absolute atomic E-state index is 0.00759. The maximum absolute atomic E-state index is 12.8. The predicted molar refractivity (Wildman–Crippen MR) is 84.3 cm³/mol. The smallest absolute Gasteiger partial charge is 0.226 e. The molecule has 22 heavy (non-hydrogen) atoms. The number of furan rings is 1. The molecule has 1 aliphatic carbocycles. The number of likely N-dealkylation sites (tertiary alicyclic amines) is 1. The lowest BCUT2D eigenvalue weighted by Gasteiger charge is -2.38. The molecule has 0 unspecified atom stereocenters. The van der Waals surface area contributed by atoms with Crippen LogP contribution in [-0.2, 0) is 23.2 Å². The molecule has 2 aromatic rings. The third kappa shape index (κ3) is 1.92. The van der Waals surface area contributed by atoms with Gasteiger partial charge in [-0.25, -0.2) is 0 Å². The first-order chi connectivity index (χ1) is 10.6. The van der Waals surface area contributed by atoms with Crippen molar-refractivity contribution in [2.45, 2.75) is 32.2 Å². The number of carbonyl (C=O) groups is 1. The van der Waals surface area contributed by atoms with E-state index in [1.807, 2.05) is 23.1 Å². The van der Waals surface area contributed by atoms with Crippen molar-refractivity contribution in [3.8, 4) is 0 Å². The lowest BCUT2D eigenvalue weighted by Crippen LogP contribution is -2.39. The number of nitrogens with zero attached hydrogens (tertiary/aromatic N) is 1. The van der Waals surface area contributed by atoms with Gasteiger partial charge in [0.1, 0.15) is 5.76 Å². The second-order valence-electron chi connectivity index (χ2n) is 7.10. The van der Waals surface area contributed by atoms with Crippen LogP contribution in [0.5, 0.6) is 0 Å². The number of rotatable bonds is 2. The molecule has 0 N–H and O–H groups in total. The van der Waals surface area contributed by atoms with Crippen molar-refractivity contribution in [1.29, 1.82) is 0 Å². The van der Waals surface area contributed by atoms with Crippen LogP contribution in [0.25, 0.3) is 0 Å². The lowest BCUT2D eigenvalue weighted by atomic mass is 9.64. The zero-order chi connectivity index (χ0) is 15.3. The zero-order valence-electron chi connectivity index (χ0n) is 13.1. The van der Waals surface area contributed by atoms with Gasteiger partial charge < -0.3 is 9.32 Å². The Morgan fingerprint density at radius 2 is 2.00 bits per heavy atom. The largest absolute Gasteiger partial charge is 0.469 e. The second-order valence-corrected chi connectivity index (χ2v) is 7.10. The molecule has 114 valence electrons. The Labute approximate surface area is 130 Å². The number of benzene rings is 1. The molecule has 1 aromatic heterocycles. The maximum Gasteiger partial charge on any atom is 0.226 e. The summed E-state index contributed by atoms with van der Waals surface area (Å²) in [5.41, 5.74) is 2.47. The highest BCUT2D eigenvalue weighted by Crippen LogP contribution is 2.48. The van der Waals surface area contributed by atoms with Gasteiger partial charge >= 0.3 is 0 Å². The molecule has 3 heteroatoms. The average Bonchev–Trinajstić information content (AvgIpc) is 3.09. The molecule has 1 aliphatic heterocycles. The molecule has 0 bridgehead atoms. The molecular weight excluding hydrogens is 274 g/mol. The Morgan fingerprint density at radius 3 is 2.77 bits per heavy atom. The summed E-state index contributed by atoms with van der Waals surface area (Å²) >= 11 is 0. The molecule has 3 nitrogen and oxygen atoms in total. The van der Waals surface area contributed by atoms with Crippen LogP contribution in [0.2, 0.25) is 0 Å².